The Balaban J connectivity index is 1.34. The van der Waals surface area contributed by atoms with E-state index in [1.165, 1.54) is 10.5 Å². The summed E-state index contributed by atoms with van der Waals surface area (Å²) in [4.78, 5) is 21.8. The minimum atomic E-state index is -3.69. The number of hydrogen-bond donors (Lipinski definition) is 1. The molecule has 4 heterocycles. The highest BCUT2D eigenvalue weighted by Crippen LogP contribution is 2.36. The first-order valence-electron chi connectivity index (χ1n) is 9.16. The molecule has 0 saturated carbocycles. The number of H-pyrrole nitrogens is 1. The average molecular weight is 414 g/mol. The predicted octanol–water partition coefficient (Wildman–Crippen LogP) is 1.44. The number of rotatable bonds is 3. The fourth-order valence-electron chi connectivity index (χ4n) is 3.68. The molecule has 0 unspecified atom stereocenters. The molecule has 0 spiro atoms. The fraction of sp³-hybridized carbons (Fsp3) is 0.263. The molecule has 0 bridgehead atoms. The molecular weight excluding hydrogens is 396 g/mol. The van der Waals surface area contributed by atoms with Gasteiger partial charge in [-0.2, -0.15) is 4.31 Å². The molecule has 0 aliphatic carbocycles. The van der Waals surface area contributed by atoms with E-state index in [0.29, 0.717) is 41.2 Å². The zero-order valence-corrected chi connectivity index (χ0v) is 16.2. The van der Waals surface area contributed by atoms with Crippen LogP contribution in [0.3, 0.4) is 0 Å². The van der Waals surface area contributed by atoms with E-state index in [1.54, 1.807) is 41.4 Å². The first-order valence-corrected chi connectivity index (χ1v) is 10.6. The first kappa shape index (κ1) is 18.0. The van der Waals surface area contributed by atoms with Crippen molar-refractivity contribution >= 4 is 27.0 Å². The van der Waals surface area contributed by atoms with Crippen LogP contribution in [0.4, 0.5) is 0 Å². The van der Waals surface area contributed by atoms with E-state index in [1.807, 2.05) is 0 Å². The van der Waals surface area contributed by atoms with Crippen LogP contribution in [0.2, 0.25) is 0 Å². The van der Waals surface area contributed by atoms with Crippen LogP contribution in [-0.4, -0.2) is 66.5 Å². The minimum Gasteiger partial charge on any atom is -0.454 e. The topological polar surface area (TPSA) is 105 Å². The van der Waals surface area contributed by atoms with E-state index < -0.39 is 10.0 Å². The van der Waals surface area contributed by atoms with Gasteiger partial charge in [0.05, 0.1) is 5.56 Å². The van der Waals surface area contributed by atoms with Gasteiger partial charge in [0.1, 0.15) is 10.5 Å². The molecule has 2 aliphatic heterocycles. The van der Waals surface area contributed by atoms with Gasteiger partial charge in [-0.25, -0.2) is 13.4 Å². The van der Waals surface area contributed by atoms with Crippen molar-refractivity contribution in [1.82, 2.24) is 19.2 Å². The van der Waals surface area contributed by atoms with Crippen molar-refractivity contribution in [3.05, 3.63) is 48.3 Å². The smallest absolute Gasteiger partial charge is 0.257 e. The van der Waals surface area contributed by atoms with Crippen LogP contribution >= 0.6 is 0 Å². The van der Waals surface area contributed by atoms with Gasteiger partial charge in [-0.15, -0.1) is 0 Å². The Morgan fingerprint density at radius 2 is 1.90 bits per heavy atom. The van der Waals surface area contributed by atoms with Crippen LogP contribution in [0.15, 0.2) is 47.6 Å². The summed E-state index contributed by atoms with van der Waals surface area (Å²) in [6, 6.07) is 8.61. The molecule has 9 nitrogen and oxygen atoms in total. The number of carbonyl (C=O) groups excluding carboxylic acids is 1. The van der Waals surface area contributed by atoms with Gasteiger partial charge >= 0.3 is 0 Å². The normalized spacial score (nSPS) is 17.0. The molecule has 150 valence electrons. The number of para-hydroxylation sites is 1. The van der Waals surface area contributed by atoms with Crippen molar-refractivity contribution in [3.8, 4) is 11.5 Å². The van der Waals surface area contributed by atoms with E-state index >= 15 is 0 Å². The number of amides is 1. The van der Waals surface area contributed by atoms with Gasteiger partial charge in [-0.1, -0.05) is 6.07 Å². The SMILES string of the molecule is O=C(c1cccc2c1OCO2)N1CCN(S(=O)(=O)c2c[nH]c3ncccc23)CC1. The molecule has 1 N–H and O–H groups in total. The number of fused-ring (bicyclic) bond motifs is 2. The Kier molecular flexibility index (Phi) is 4.18. The third kappa shape index (κ3) is 2.91. The minimum absolute atomic E-state index is 0.0884. The Morgan fingerprint density at radius 3 is 2.72 bits per heavy atom. The second-order valence-corrected chi connectivity index (χ2v) is 8.69. The number of aromatic amines is 1. The van der Waals surface area contributed by atoms with Gasteiger partial charge in [0.2, 0.25) is 16.8 Å². The summed E-state index contributed by atoms with van der Waals surface area (Å²) in [5.41, 5.74) is 0.957. The predicted molar refractivity (Wildman–Crippen MR) is 103 cm³/mol. The van der Waals surface area contributed by atoms with Crippen LogP contribution in [-0.2, 0) is 10.0 Å². The van der Waals surface area contributed by atoms with Crippen LogP contribution in [0.25, 0.3) is 11.0 Å². The zero-order valence-electron chi connectivity index (χ0n) is 15.4. The first-order chi connectivity index (χ1) is 14.1. The molecule has 2 aromatic heterocycles. The van der Waals surface area contributed by atoms with Crippen LogP contribution < -0.4 is 9.47 Å². The van der Waals surface area contributed by atoms with Gasteiger partial charge in [0.15, 0.2) is 11.5 Å². The largest absolute Gasteiger partial charge is 0.454 e. The van der Waals surface area contributed by atoms with Crippen molar-refractivity contribution in [2.45, 2.75) is 4.90 Å². The summed E-state index contributed by atoms with van der Waals surface area (Å²) in [7, 11) is -3.69. The van der Waals surface area contributed by atoms with Gasteiger partial charge in [0, 0.05) is 44.0 Å². The highest BCUT2D eigenvalue weighted by atomic mass is 32.2. The lowest BCUT2D eigenvalue weighted by atomic mass is 10.1. The summed E-state index contributed by atoms with van der Waals surface area (Å²) in [5.74, 6) is 0.796. The van der Waals surface area contributed by atoms with Gasteiger partial charge in [-0.3, -0.25) is 4.79 Å². The number of hydrogen-bond acceptors (Lipinski definition) is 6. The molecular formula is C19H18N4O5S. The molecule has 1 fully saturated rings. The monoisotopic (exact) mass is 414 g/mol. The molecule has 1 aromatic carbocycles. The van der Waals surface area contributed by atoms with Crippen molar-refractivity contribution in [2.24, 2.45) is 0 Å². The maximum atomic E-state index is 13.1. The van der Waals surface area contributed by atoms with Crippen molar-refractivity contribution < 1.29 is 22.7 Å². The third-order valence-electron chi connectivity index (χ3n) is 5.18. The lowest BCUT2D eigenvalue weighted by Gasteiger charge is -2.34. The lowest BCUT2D eigenvalue weighted by molar-refractivity contribution is 0.0693. The van der Waals surface area contributed by atoms with E-state index in [0.717, 1.165) is 0 Å². The Labute approximate surface area is 166 Å². The van der Waals surface area contributed by atoms with Crippen molar-refractivity contribution in [2.75, 3.05) is 33.0 Å². The number of carbonyl (C=O) groups is 1. The Morgan fingerprint density at radius 1 is 1.07 bits per heavy atom. The summed E-state index contributed by atoms with van der Waals surface area (Å²) in [6.45, 7) is 1.11. The summed E-state index contributed by atoms with van der Waals surface area (Å²) >= 11 is 0. The second kappa shape index (κ2) is 6.75. The van der Waals surface area contributed by atoms with Gasteiger partial charge in [-0.05, 0) is 24.3 Å². The quantitative estimate of drug-likeness (QED) is 0.695. The molecule has 3 aromatic rings. The summed E-state index contributed by atoms with van der Waals surface area (Å²) in [6.07, 6.45) is 3.07. The number of aromatic nitrogens is 2. The van der Waals surface area contributed by atoms with E-state index in [-0.39, 0.29) is 30.7 Å². The summed E-state index contributed by atoms with van der Waals surface area (Å²) < 4.78 is 38.4. The van der Waals surface area contributed by atoms with Crippen molar-refractivity contribution in [3.63, 3.8) is 0 Å². The second-order valence-electron chi connectivity index (χ2n) is 6.79. The Bertz CT molecular complexity index is 1200. The number of nitrogens with zero attached hydrogens (tertiary/aromatic N) is 3. The van der Waals surface area contributed by atoms with Gasteiger partial charge < -0.3 is 19.4 Å². The maximum Gasteiger partial charge on any atom is 0.257 e. The van der Waals surface area contributed by atoms with Crippen LogP contribution in [0, 0.1) is 0 Å². The van der Waals surface area contributed by atoms with Crippen molar-refractivity contribution in [1.29, 1.82) is 0 Å². The highest BCUT2D eigenvalue weighted by molar-refractivity contribution is 7.89. The van der Waals surface area contributed by atoms with Crippen LogP contribution in [0.1, 0.15) is 10.4 Å². The van der Waals surface area contributed by atoms with E-state index in [4.69, 9.17) is 9.47 Å². The molecule has 2 aliphatic rings. The molecule has 1 amide bonds. The molecule has 0 radical (unpaired) electrons. The third-order valence-corrected chi connectivity index (χ3v) is 7.12. The van der Waals surface area contributed by atoms with E-state index in [9.17, 15) is 13.2 Å². The standard InChI is InChI=1S/C19H18N4O5S/c24-19(14-3-1-5-15-17(14)28-12-27-15)22-7-9-23(10-8-22)29(25,26)16-11-21-18-13(16)4-2-6-20-18/h1-6,11H,7-10,12H2,(H,20,21). The average Bonchev–Trinajstić information content (AvgIpc) is 3.40. The fourth-order valence-corrected chi connectivity index (χ4v) is 5.26. The number of benzene rings is 1. The molecule has 29 heavy (non-hydrogen) atoms. The number of pyridine rings is 1. The zero-order chi connectivity index (χ0) is 20.0. The highest BCUT2D eigenvalue weighted by Gasteiger charge is 2.33. The number of piperazine rings is 1. The number of ether oxygens (including phenoxy) is 2. The number of sulfonamides is 1. The summed E-state index contributed by atoms with van der Waals surface area (Å²) in [5, 5.41) is 0.558. The molecule has 10 heteroatoms. The maximum absolute atomic E-state index is 13.1. The van der Waals surface area contributed by atoms with Gasteiger partial charge in [0.25, 0.3) is 5.91 Å². The number of nitrogens with one attached hydrogen (secondary N) is 1. The van der Waals surface area contributed by atoms with E-state index in [2.05, 4.69) is 9.97 Å². The molecule has 1 saturated heterocycles. The molecule has 5 rings (SSSR count). The molecule has 0 atom stereocenters. The van der Waals surface area contributed by atoms with Crippen LogP contribution in [0.5, 0.6) is 11.5 Å². The Hall–Kier alpha value is -3.11. The lowest BCUT2D eigenvalue weighted by Crippen LogP contribution is -2.50.